The van der Waals surface area contributed by atoms with Crippen molar-refractivity contribution in [3.63, 3.8) is 0 Å². The van der Waals surface area contributed by atoms with E-state index in [0.29, 0.717) is 18.2 Å². The van der Waals surface area contributed by atoms with Gasteiger partial charge in [0.1, 0.15) is 12.0 Å². The van der Waals surface area contributed by atoms with E-state index in [2.05, 4.69) is 20.6 Å². The molecule has 1 heterocycles. The van der Waals surface area contributed by atoms with Crippen molar-refractivity contribution in [2.45, 2.75) is 26.1 Å². The van der Waals surface area contributed by atoms with Crippen LogP contribution >= 0.6 is 0 Å². The van der Waals surface area contributed by atoms with Gasteiger partial charge in [-0.3, -0.25) is 4.79 Å². The fourth-order valence-corrected chi connectivity index (χ4v) is 2.31. The summed E-state index contributed by atoms with van der Waals surface area (Å²) in [5.41, 5.74) is -1.69. The number of halogens is 5. The highest BCUT2D eigenvalue weighted by Gasteiger charge is 2.36. The Hall–Kier alpha value is -3.11. The molecular weight excluding hydrogens is 385 g/mol. The van der Waals surface area contributed by atoms with Gasteiger partial charge in [0, 0.05) is 18.7 Å². The van der Waals surface area contributed by atoms with Crippen LogP contribution in [0.25, 0.3) is 5.70 Å². The van der Waals surface area contributed by atoms with Crippen molar-refractivity contribution >= 4 is 17.8 Å². The molecule has 0 saturated heterocycles. The number of aliphatic imine (C=N–C) groups is 1. The first kappa shape index (κ1) is 21.2. The van der Waals surface area contributed by atoms with Crippen LogP contribution in [0, 0.1) is 11.6 Å². The molecule has 0 aliphatic heterocycles. The topological polar surface area (TPSA) is 72.2 Å². The fourth-order valence-electron chi connectivity index (χ4n) is 2.31. The number of allylic oxidation sites excluding steroid dienone is 1. The third-order valence-electron chi connectivity index (χ3n) is 3.91. The number of amidine groups is 1. The molecule has 1 unspecified atom stereocenters. The number of carbonyl (C=O) groups is 1. The molecule has 0 fully saturated rings. The number of carbonyl (C=O) groups excluding carboxylic acids is 1. The summed E-state index contributed by atoms with van der Waals surface area (Å²) in [6, 6.07) is 0.351. The summed E-state index contributed by atoms with van der Waals surface area (Å²) in [5.74, 6) is -3.12. The van der Waals surface area contributed by atoms with Gasteiger partial charge in [-0.2, -0.15) is 13.2 Å². The average Bonchev–Trinajstić information content (AvgIpc) is 3.11. The lowest BCUT2D eigenvalue weighted by atomic mass is 10.0. The maximum Gasteiger partial charge on any atom is 0.419 e. The third kappa shape index (κ3) is 4.41. The van der Waals surface area contributed by atoms with E-state index < -0.39 is 29.4 Å². The van der Waals surface area contributed by atoms with Crippen LogP contribution < -0.4 is 5.32 Å². The van der Waals surface area contributed by atoms with E-state index in [1.807, 2.05) is 0 Å². The monoisotopic (exact) mass is 401 g/mol. The van der Waals surface area contributed by atoms with E-state index in [9.17, 15) is 26.7 Å². The van der Waals surface area contributed by atoms with E-state index in [1.165, 1.54) is 13.1 Å². The second-order valence-electron chi connectivity index (χ2n) is 5.72. The summed E-state index contributed by atoms with van der Waals surface area (Å²) < 4.78 is 67.3. The second kappa shape index (κ2) is 8.28. The Kier molecular flexibility index (Phi) is 6.26. The number of aromatic nitrogens is 3. The Balaban J connectivity index is 2.42. The molecule has 0 saturated carbocycles. The molecule has 11 heteroatoms. The van der Waals surface area contributed by atoms with Gasteiger partial charge in [-0.1, -0.05) is 11.3 Å². The minimum absolute atomic E-state index is 0.166. The molecule has 2 rings (SSSR count). The molecule has 0 aliphatic carbocycles. The van der Waals surface area contributed by atoms with Gasteiger partial charge in [0.05, 0.1) is 29.3 Å². The number of benzene rings is 1. The molecule has 0 radical (unpaired) electrons. The van der Waals surface area contributed by atoms with Crippen molar-refractivity contribution in [3.05, 3.63) is 52.9 Å². The zero-order valence-electron chi connectivity index (χ0n) is 15.1. The van der Waals surface area contributed by atoms with E-state index in [-0.39, 0.29) is 17.0 Å². The molecule has 6 nitrogen and oxygen atoms in total. The average molecular weight is 401 g/mol. The molecule has 28 heavy (non-hydrogen) atoms. The summed E-state index contributed by atoms with van der Waals surface area (Å²) in [6.07, 6.45) is -2.06. The SMILES string of the molecule is CN/C(C)=N\C(=C/C=O)c1cn(C(C)c2ccc(C(F)(F)F)c(F)c2F)nn1. The molecule has 1 atom stereocenters. The Morgan fingerprint density at radius 3 is 2.54 bits per heavy atom. The lowest BCUT2D eigenvalue weighted by Crippen LogP contribution is -2.15. The predicted octanol–water partition coefficient (Wildman–Crippen LogP) is 3.36. The molecular formula is C17H16F5N5O. The van der Waals surface area contributed by atoms with Gasteiger partial charge in [0.15, 0.2) is 11.6 Å². The Bertz CT molecular complexity index is 933. The first-order valence-corrected chi connectivity index (χ1v) is 7.96. The quantitative estimate of drug-likeness (QED) is 0.274. The lowest BCUT2D eigenvalue weighted by Gasteiger charge is -2.15. The Morgan fingerprint density at radius 2 is 1.96 bits per heavy atom. The van der Waals surface area contributed by atoms with Gasteiger partial charge < -0.3 is 5.32 Å². The highest BCUT2D eigenvalue weighted by molar-refractivity contribution is 5.89. The minimum atomic E-state index is -5.01. The van der Waals surface area contributed by atoms with E-state index in [0.717, 1.165) is 16.8 Å². The Labute approximate surface area is 156 Å². The predicted molar refractivity (Wildman–Crippen MR) is 91.4 cm³/mol. The third-order valence-corrected chi connectivity index (χ3v) is 3.91. The van der Waals surface area contributed by atoms with Crippen molar-refractivity contribution in [3.8, 4) is 0 Å². The highest BCUT2D eigenvalue weighted by Crippen LogP contribution is 2.34. The summed E-state index contributed by atoms with van der Waals surface area (Å²) in [5, 5.41) is 10.4. The summed E-state index contributed by atoms with van der Waals surface area (Å²) in [7, 11) is 1.62. The van der Waals surface area contributed by atoms with Crippen LogP contribution in [-0.4, -0.2) is 34.2 Å². The van der Waals surface area contributed by atoms with Crippen LogP contribution in [0.3, 0.4) is 0 Å². The van der Waals surface area contributed by atoms with Crippen molar-refractivity contribution in [2.75, 3.05) is 7.05 Å². The number of hydrogen-bond donors (Lipinski definition) is 1. The van der Waals surface area contributed by atoms with Gasteiger partial charge in [-0.15, -0.1) is 5.10 Å². The van der Waals surface area contributed by atoms with E-state index in [4.69, 9.17) is 0 Å². The molecule has 150 valence electrons. The summed E-state index contributed by atoms with van der Waals surface area (Å²) in [4.78, 5) is 14.9. The maximum absolute atomic E-state index is 14.2. The first-order valence-electron chi connectivity index (χ1n) is 7.96. The van der Waals surface area contributed by atoms with Gasteiger partial charge in [-0.05, 0) is 19.9 Å². The normalized spacial score (nSPS) is 14.1. The molecule has 0 aliphatic rings. The largest absolute Gasteiger partial charge is 0.419 e. The Morgan fingerprint density at radius 1 is 1.29 bits per heavy atom. The van der Waals surface area contributed by atoms with Crippen molar-refractivity contribution in [2.24, 2.45) is 4.99 Å². The number of rotatable bonds is 5. The number of nitrogens with one attached hydrogen (secondary N) is 1. The highest BCUT2D eigenvalue weighted by atomic mass is 19.4. The molecule has 1 aromatic carbocycles. The van der Waals surface area contributed by atoms with Crippen LogP contribution in [0.5, 0.6) is 0 Å². The zero-order valence-corrected chi connectivity index (χ0v) is 15.1. The van der Waals surface area contributed by atoms with Crippen LogP contribution in [-0.2, 0) is 11.0 Å². The van der Waals surface area contributed by atoms with Crippen LogP contribution in [0.1, 0.15) is 36.7 Å². The standard InChI is InChI=1S/C17H16F5N5O/c1-9(11-4-5-12(17(20,21)22)16(19)15(11)18)27-8-14(25-26-27)13(6-7-28)24-10(2)23-3/h4-9H,1-3H3,(H,23,24)/b13-6-. The van der Waals surface area contributed by atoms with Gasteiger partial charge >= 0.3 is 6.18 Å². The van der Waals surface area contributed by atoms with Crippen molar-refractivity contribution < 1.29 is 26.7 Å². The lowest BCUT2D eigenvalue weighted by molar-refractivity contribution is -0.140. The molecule has 0 amide bonds. The molecule has 1 N–H and O–H groups in total. The second-order valence-corrected chi connectivity index (χ2v) is 5.72. The summed E-state index contributed by atoms with van der Waals surface area (Å²) >= 11 is 0. The van der Waals surface area contributed by atoms with Crippen molar-refractivity contribution in [1.29, 1.82) is 0 Å². The van der Waals surface area contributed by atoms with Crippen molar-refractivity contribution in [1.82, 2.24) is 20.3 Å². The molecule has 1 aromatic heterocycles. The number of hydrogen-bond acceptors (Lipinski definition) is 4. The zero-order chi connectivity index (χ0) is 21.1. The maximum atomic E-state index is 14.2. The molecule has 0 spiro atoms. The number of alkyl halides is 3. The minimum Gasteiger partial charge on any atom is -0.377 e. The fraction of sp³-hybridized carbons (Fsp3) is 0.294. The molecule has 0 bridgehead atoms. The van der Waals surface area contributed by atoms with Crippen LogP contribution in [0.4, 0.5) is 22.0 Å². The first-order chi connectivity index (χ1) is 13.1. The van der Waals surface area contributed by atoms with Gasteiger partial charge in [0.2, 0.25) is 0 Å². The van der Waals surface area contributed by atoms with Gasteiger partial charge in [-0.25, -0.2) is 18.5 Å². The molecule has 2 aromatic rings. The number of nitrogens with zero attached hydrogens (tertiary/aromatic N) is 4. The summed E-state index contributed by atoms with van der Waals surface area (Å²) in [6.45, 7) is 3.06. The number of aldehydes is 1. The van der Waals surface area contributed by atoms with Gasteiger partial charge in [0.25, 0.3) is 0 Å². The van der Waals surface area contributed by atoms with Crippen LogP contribution in [0.15, 0.2) is 29.4 Å². The smallest absolute Gasteiger partial charge is 0.377 e. The van der Waals surface area contributed by atoms with E-state index in [1.54, 1.807) is 14.0 Å². The van der Waals surface area contributed by atoms with E-state index >= 15 is 0 Å². The van der Waals surface area contributed by atoms with Crippen LogP contribution in [0.2, 0.25) is 0 Å².